The fourth-order valence-electron chi connectivity index (χ4n) is 2.23. The second-order valence-electron chi connectivity index (χ2n) is 5.20. The molecule has 2 rings (SSSR count). The molecule has 1 atom stereocenters. The molecule has 1 unspecified atom stereocenters. The third-order valence-corrected chi connectivity index (χ3v) is 4.11. The van der Waals surface area contributed by atoms with Gasteiger partial charge in [0.15, 0.2) is 0 Å². The van der Waals surface area contributed by atoms with E-state index in [9.17, 15) is 0 Å². The normalized spacial score (nSPS) is 16.7. The Hall–Kier alpha value is -0.730. The molecular formula is C15H23ClN2. The van der Waals surface area contributed by atoms with Crippen molar-refractivity contribution in [3.63, 3.8) is 0 Å². The molecule has 1 aliphatic carbocycles. The second-order valence-corrected chi connectivity index (χ2v) is 5.61. The first-order valence-electron chi connectivity index (χ1n) is 6.87. The van der Waals surface area contributed by atoms with E-state index in [-0.39, 0.29) is 0 Å². The summed E-state index contributed by atoms with van der Waals surface area (Å²) < 4.78 is 0. The van der Waals surface area contributed by atoms with Crippen molar-refractivity contribution in [2.24, 2.45) is 5.92 Å². The molecule has 3 heteroatoms. The van der Waals surface area contributed by atoms with E-state index < -0.39 is 0 Å². The van der Waals surface area contributed by atoms with Gasteiger partial charge in [-0.15, -0.1) is 0 Å². The van der Waals surface area contributed by atoms with Gasteiger partial charge < -0.3 is 10.2 Å². The SMILES string of the molecule is CCN(CC1CC1)c1ccc(C(C)NC)cc1Cl. The summed E-state index contributed by atoms with van der Waals surface area (Å²) in [6.45, 7) is 6.52. The Balaban J connectivity index is 2.16. The summed E-state index contributed by atoms with van der Waals surface area (Å²) in [4.78, 5) is 2.40. The van der Waals surface area contributed by atoms with E-state index >= 15 is 0 Å². The van der Waals surface area contributed by atoms with Crippen LogP contribution in [0.15, 0.2) is 18.2 Å². The number of benzene rings is 1. The fourth-order valence-corrected chi connectivity index (χ4v) is 2.53. The van der Waals surface area contributed by atoms with Gasteiger partial charge in [0, 0.05) is 19.1 Å². The molecular weight excluding hydrogens is 244 g/mol. The van der Waals surface area contributed by atoms with Crippen LogP contribution in [0, 0.1) is 5.92 Å². The third kappa shape index (κ3) is 3.18. The lowest BCUT2D eigenvalue weighted by molar-refractivity contribution is 0.652. The molecule has 0 radical (unpaired) electrons. The van der Waals surface area contributed by atoms with Crippen molar-refractivity contribution < 1.29 is 0 Å². The molecule has 0 aliphatic heterocycles. The van der Waals surface area contributed by atoms with E-state index in [1.54, 1.807) is 0 Å². The van der Waals surface area contributed by atoms with Crippen LogP contribution in [0.2, 0.25) is 5.02 Å². The van der Waals surface area contributed by atoms with E-state index in [1.165, 1.54) is 24.1 Å². The minimum Gasteiger partial charge on any atom is -0.370 e. The zero-order valence-electron chi connectivity index (χ0n) is 11.5. The highest BCUT2D eigenvalue weighted by molar-refractivity contribution is 6.33. The Kier molecular flexibility index (Phi) is 4.52. The molecule has 1 N–H and O–H groups in total. The van der Waals surface area contributed by atoms with Crippen molar-refractivity contribution in [2.75, 3.05) is 25.0 Å². The Morgan fingerprint density at radius 2 is 2.17 bits per heavy atom. The third-order valence-electron chi connectivity index (χ3n) is 3.80. The summed E-state index contributed by atoms with van der Waals surface area (Å²) >= 11 is 6.44. The highest BCUT2D eigenvalue weighted by Crippen LogP contribution is 2.34. The van der Waals surface area contributed by atoms with Crippen LogP contribution >= 0.6 is 11.6 Å². The molecule has 100 valence electrons. The first kappa shape index (κ1) is 13.7. The van der Waals surface area contributed by atoms with Crippen LogP contribution in [0.1, 0.15) is 38.3 Å². The summed E-state index contributed by atoms with van der Waals surface area (Å²) in [5.74, 6) is 0.886. The summed E-state index contributed by atoms with van der Waals surface area (Å²) in [7, 11) is 1.97. The summed E-state index contributed by atoms with van der Waals surface area (Å²) in [6.07, 6.45) is 2.76. The maximum Gasteiger partial charge on any atom is 0.0642 e. The van der Waals surface area contributed by atoms with Gasteiger partial charge in [-0.1, -0.05) is 17.7 Å². The van der Waals surface area contributed by atoms with Gasteiger partial charge in [0.25, 0.3) is 0 Å². The first-order valence-corrected chi connectivity index (χ1v) is 7.25. The van der Waals surface area contributed by atoms with E-state index in [4.69, 9.17) is 11.6 Å². The highest BCUT2D eigenvalue weighted by Gasteiger charge is 2.24. The van der Waals surface area contributed by atoms with Gasteiger partial charge in [-0.05, 0) is 57.4 Å². The van der Waals surface area contributed by atoms with Gasteiger partial charge in [-0.2, -0.15) is 0 Å². The average molecular weight is 267 g/mol. The van der Waals surface area contributed by atoms with E-state index in [1.807, 2.05) is 7.05 Å². The van der Waals surface area contributed by atoms with Gasteiger partial charge in [-0.25, -0.2) is 0 Å². The fraction of sp³-hybridized carbons (Fsp3) is 0.600. The lowest BCUT2D eigenvalue weighted by Crippen LogP contribution is -2.25. The molecule has 1 fully saturated rings. The van der Waals surface area contributed by atoms with Gasteiger partial charge >= 0.3 is 0 Å². The molecule has 2 nitrogen and oxygen atoms in total. The molecule has 0 spiro atoms. The van der Waals surface area contributed by atoms with Crippen molar-refractivity contribution in [3.8, 4) is 0 Å². The van der Waals surface area contributed by atoms with E-state index in [2.05, 4.69) is 42.3 Å². The van der Waals surface area contributed by atoms with Crippen molar-refractivity contribution in [3.05, 3.63) is 28.8 Å². The molecule has 1 aromatic rings. The first-order chi connectivity index (χ1) is 8.65. The Morgan fingerprint density at radius 3 is 2.67 bits per heavy atom. The number of hydrogen-bond donors (Lipinski definition) is 1. The molecule has 18 heavy (non-hydrogen) atoms. The highest BCUT2D eigenvalue weighted by atomic mass is 35.5. The standard InChI is InChI=1S/C15H23ClN2/c1-4-18(10-12-5-6-12)15-8-7-13(9-14(15)16)11(2)17-3/h7-9,11-12,17H,4-6,10H2,1-3H3. The minimum absolute atomic E-state index is 0.343. The van der Waals surface area contributed by atoms with Crippen molar-refractivity contribution in [2.45, 2.75) is 32.7 Å². The smallest absolute Gasteiger partial charge is 0.0642 e. The summed E-state index contributed by atoms with van der Waals surface area (Å²) in [5, 5.41) is 4.11. The van der Waals surface area contributed by atoms with Gasteiger partial charge in [-0.3, -0.25) is 0 Å². The predicted molar refractivity (Wildman–Crippen MR) is 79.5 cm³/mol. The Bertz CT molecular complexity index is 401. The van der Waals surface area contributed by atoms with Crippen LogP contribution in [-0.2, 0) is 0 Å². The number of nitrogens with zero attached hydrogens (tertiary/aromatic N) is 1. The van der Waals surface area contributed by atoms with Crippen LogP contribution in [-0.4, -0.2) is 20.1 Å². The molecule has 0 saturated heterocycles. The van der Waals surface area contributed by atoms with Crippen LogP contribution in [0.25, 0.3) is 0 Å². The van der Waals surface area contributed by atoms with Crippen LogP contribution in [0.5, 0.6) is 0 Å². The minimum atomic E-state index is 0.343. The molecule has 1 saturated carbocycles. The predicted octanol–water partition coefficient (Wildman–Crippen LogP) is 3.86. The van der Waals surface area contributed by atoms with Gasteiger partial charge in [0.05, 0.1) is 10.7 Å². The second kappa shape index (κ2) is 5.94. The zero-order chi connectivity index (χ0) is 13.1. The number of anilines is 1. The molecule has 1 aromatic carbocycles. The van der Waals surface area contributed by atoms with E-state index in [0.717, 1.165) is 24.0 Å². The molecule has 0 aromatic heterocycles. The lowest BCUT2D eigenvalue weighted by atomic mass is 10.1. The summed E-state index contributed by atoms with van der Waals surface area (Å²) in [5.41, 5.74) is 2.42. The van der Waals surface area contributed by atoms with Crippen molar-refractivity contribution in [1.29, 1.82) is 0 Å². The Morgan fingerprint density at radius 1 is 1.44 bits per heavy atom. The van der Waals surface area contributed by atoms with Gasteiger partial charge in [0.2, 0.25) is 0 Å². The van der Waals surface area contributed by atoms with Gasteiger partial charge in [0.1, 0.15) is 0 Å². The maximum atomic E-state index is 6.44. The zero-order valence-corrected chi connectivity index (χ0v) is 12.3. The van der Waals surface area contributed by atoms with Crippen LogP contribution < -0.4 is 10.2 Å². The number of nitrogens with one attached hydrogen (secondary N) is 1. The maximum absolute atomic E-state index is 6.44. The quantitative estimate of drug-likeness (QED) is 0.841. The average Bonchev–Trinajstić information content (AvgIpc) is 3.19. The number of hydrogen-bond acceptors (Lipinski definition) is 2. The monoisotopic (exact) mass is 266 g/mol. The van der Waals surface area contributed by atoms with Crippen molar-refractivity contribution >= 4 is 17.3 Å². The molecule has 0 bridgehead atoms. The Labute approximate surface area is 115 Å². The molecule has 0 amide bonds. The largest absolute Gasteiger partial charge is 0.370 e. The summed E-state index contributed by atoms with van der Waals surface area (Å²) in [6, 6.07) is 6.78. The lowest BCUT2D eigenvalue weighted by Gasteiger charge is -2.25. The van der Waals surface area contributed by atoms with Crippen LogP contribution in [0.3, 0.4) is 0 Å². The topological polar surface area (TPSA) is 15.3 Å². The number of rotatable bonds is 6. The molecule has 1 aliphatic rings. The van der Waals surface area contributed by atoms with E-state index in [0.29, 0.717) is 6.04 Å². The number of halogens is 1. The van der Waals surface area contributed by atoms with Crippen LogP contribution in [0.4, 0.5) is 5.69 Å². The molecule has 0 heterocycles. The van der Waals surface area contributed by atoms with Crippen molar-refractivity contribution in [1.82, 2.24) is 5.32 Å².